The molecule has 0 aromatic heterocycles. The Balaban J connectivity index is 0.000000877. The number of nitrogens with two attached hydrogens (primary N) is 1. The minimum Gasteiger partial charge on any atom is -0.402 e. The Morgan fingerprint density at radius 3 is 2.19 bits per heavy atom. The van der Waals surface area contributed by atoms with Gasteiger partial charge in [-0.3, -0.25) is 4.99 Å². The first kappa shape index (κ1) is 30.2. The van der Waals surface area contributed by atoms with Crippen molar-refractivity contribution in [3.63, 3.8) is 0 Å². The summed E-state index contributed by atoms with van der Waals surface area (Å²) in [6, 6.07) is 13.4. The predicted molar refractivity (Wildman–Crippen MR) is 150 cm³/mol. The molecule has 0 spiro atoms. The molecule has 0 fully saturated rings. The molecule has 3 nitrogen and oxygen atoms in total. The van der Waals surface area contributed by atoms with Crippen LogP contribution in [0, 0.1) is 6.92 Å². The zero-order valence-electron chi connectivity index (χ0n) is 22.6. The van der Waals surface area contributed by atoms with E-state index in [1.165, 1.54) is 31.4 Å². The molecule has 0 radical (unpaired) electrons. The van der Waals surface area contributed by atoms with Gasteiger partial charge in [0.25, 0.3) is 0 Å². The zero-order chi connectivity index (χ0) is 27.3. The molecular formula is C31H42F3N3. The topological polar surface area (TPSA) is 50.4 Å². The van der Waals surface area contributed by atoms with Crippen molar-refractivity contribution >= 4 is 11.5 Å². The van der Waals surface area contributed by atoms with Crippen molar-refractivity contribution in [2.45, 2.75) is 91.3 Å². The van der Waals surface area contributed by atoms with Gasteiger partial charge in [-0.15, -0.1) is 0 Å². The minimum atomic E-state index is -4.43. The Labute approximate surface area is 220 Å². The number of nitrogens with zero attached hydrogens (tertiary/aromatic N) is 1. The van der Waals surface area contributed by atoms with E-state index >= 15 is 0 Å². The summed E-state index contributed by atoms with van der Waals surface area (Å²) in [7, 11) is 0. The molecule has 1 aliphatic carbocycles. The molecule has 0 saturated heterocycles. The number of halogens is 3. The third kappa shape index (κ3) is 9.75. The molecule has 0 atom stereocenters. The van der Waals surface area contributed by atoms with Crippen molar-refractivity contribution in [3.8, 4) is 0 Å². The largest absolute Gasteiger partial charge is 0.416 e. The number of unbranched alkanes of at least 4 members (excludes halogenated alkanes) is 2. The van der Waals surface area contributed by atoms with Crippen LogP contribution in [-0.4, -0.2) is 5.84 Å². The van der Waals surface area contributed by atoms with Crippen molar-refractivity contribution in [3.05, 3.63) is 88.6 Å². The first-order valence-corrected chi connectivity index (χ1v) is 13.4. The molecule has 2 aromatic rings. The monoisotopic (exact) mass is 513 g/mol. The van der Waals surface area contributed by atoms with E-state index in [1.807, 2.05) is 31.2 Å². The first-order chi connectivity index (χ1) is 17.7. The van der Waals surface area contributed by atoms with Crippen LogP contribution in [0.1, 0.15) is 93.9 Å². The molecule has 0 heterocycles. The lowest BCUT2D eigenvalue weighted by Gasteiger charge is -2.21. The van der Waals surface area contributed by atoms with Crippen molar-refractivity contribution in [2.75, 3.05) is 0 Å². The average molecular weight is 514 g/mol. The fourth-order valence-electron chi connectivity index (χ4n) is 4.34. The van der Waals surface area contributed by atoms with Gasteiger partial charge in [0.15, 0.2) is 0 Å². The van der Waals surface area contributed by atoms with E-state index in [4.69, 9.17) is 5.73 Å². The zero-order valence-corrected chi connectivity index (χ0v) is 22.6. The number of allylic oxidation sites excluding steroid dienone is 1. The van der Waals surface area contributed by atoms with E-state index in [1.54, 1.807) is 6.07 Å². The van der Waals surface area contributed by atoms with Gasteiger partial charge in [-0.05, 0) is 49.8 Å². The highest BCUT2D eigenvalue weighted by Crippen LogP contribution is 2.32. The molecule has 0 unspecified atom stereocenters. The number of hydrogen-bond acceptors (Lipinski definition) is 2. The van der Waals surface area contributed by atoms with E-state index in [2.05, 4.69) is 30.7 Å². The van der Waals surface area contributed by atoms with Crippen LogP contribution in [-0.2, 0) is 12.7 Å². The summed E-state index contributed by atoms with van der Waals surface area (Å²) in [5.74, 6) is 0.509. The highest BCUT2D eigenvalue weighted by atomic mass is 19.4. The second-order valence-corrected chi connectivity index (χ2v) is 9.51. The van der Waals surface area contributed by atoms with Crippen LogP contribution in [0.4, 0.5) is 13.2 Å². The van der Waals surface area contributed by atoms with E-state index in [0.29, 0.717) is 11.5 Å². The van der Waals surface area contributed by atoms with Gasteiger partial charge in [0, 0.05) is 22.5 Å². The van der Waals surface area contributed by atoms with Gasteiger partial charge in [-0.2, -0.15) is 13.2 Å². The van der Waals surface area contributed by atoms with Crippen LogP contribution in [0.2, 0.25) is 0 Å². The third-order valence-corrected chi connectivity index (χ3v) is 6.47. The number of aliphatic imine (C=N–C) groups is 1. The summed E-state index contributed by atoms with van der Waals surface area (Å²) in [5, 5.41) is 3.29. The Hall–Kier alpha value is -3.02. The number of rotatable bonds is 7. The molecule has 0 aliphatic heterocycles. The third-order valence-electron chi connectivity index (χ3n) is 6.47. The first-order valence-electron chi connectivity index (χ1n) is 13.4. The minimum absolute atomic E-state index is 0.101. The molecule has 3 rings (SSSR count). The number of benzene rings is 2. The van der Waals surface area contributed by atoms with E-state index in [0.717, 1.165) is 67.0 Å². The lowest BCUT2D eigenvalue weighted by molar-refractivity contribution is -0.138. The smallest absolute Gasteiger partial charge is 0.402 e. The Morgan fingerprint density at radius 2 is 1.57 bits per heavy atom. The van der Waals surface area contributed by atoms with Gasteiger partial charge in [-0.1, -0.05) is 95.0 Å². The number of hydrogen-bond donors (Lipinski definition) is 2. The second-order valence-electron chi connectivity index (χ2n) is 9.51. The highest BCUT2D eigenvalue weighted by molar-refractivity contribution is 6.03. The van der Waals surface area contributed by atoms with Crippen LogP contribution >= 0.6 is 0 Å². The number of aryl methyl sites for hydroxylation is 1. The molecule has 0 amide bonds. The van der Waals surface area contributed by atoms with Gasteiger partial charge in [0.2, 0.25) is 0 Å². The lowest BCUT2D eigenvalue weighted by Crippen LogP contribution is -2.27. The van der Waals surface area contributed by atoms with Crippen LogP contribution < -0.4 is 11.1 Å². The van der Waals surface area contributed by atoms with Crippen LogP contribution in [0.15, 0.2) is 71.4 Å². The molecule has 2 aromatic carbocycles. The fourth-order valence-corrected chi connectivity index (χ4v) is 4.34. The molecule has 1 aliphatic rings. The fraction of sp³-hybridized carbons (Fsp3) is 0.452. The molecule has 0 bridgehead atoms. The molecule has 3 N–H and O–H groups in total. The average Bonchev–Trinajstić information content (AvgIpc) is 2.85. The summed E-state index contributed by atoms with van der Waals surface area (Å²) < 4.78 is 40.4. The van der Waals surface area contributed by atoms with Crippen molar-refractivity contribution in [1.82, 2.24) is 5.32 Å². The second kappa shape index (κ2) is 15.3. The maximum Gasteiger partial charge on any atom is 0.416 e. The Bertz CT molecular complexity index is 1070. The van der Waals surface area contributed by atoms with Crippen LogP contribution in [0.5, 0.6) is 0 Å². The van der Waals surface area contributed by atoms with E-state index in [9.17, 15) is 13.2 Å². The number of nitrogens with one attached hydrogen (secondary N) is 1. The van der Waals surface area contributed by atoms with Gasteiger partial charge < -0.3 is 11.1 Å². The summed E-state index contributed by atoms with van der Waals surface area (Å²) in [6.45, 7) is 10.5. The van der Waals surface area contributed by atoms with Crippen LogP contribution in [0.25, 0.3) is 5.70 Å². The highest BCUT2D eigenvalue weighted by Gasteiger charge is 2.32. The SMILES string of the molecule is C=C(NC(=NCc1ccccc1C(F)(F)F)/C1=C(\N)CCCCCC1)c1ccccc1C.CCCCC. The molecule has 202 valence electrons. The van der Waals surface area contributed by atoms with Crippen molar-refractivity contribution < 1.29 is 13.2 Å². The number of alkyl halides is 3. The molecule has 0 saturated carbocycles. The molecular weight excluding hydrogens is 471 g/mol. The molecule has 37 heavy (non-hydrogen) atoms. The summed E-state index contributed by atoms with van der Waals surface area (Å²) in [6.07, 6.45) is 5.33. The lowest BCUT2D eigenvalue weighted by atomic mass is 9.96. The van der Waals surface area contributed by atoms with Gasteiger partial charge >= 0.3 is 6.18 Å². The maximum absolute atomic E-state index is 13.5. The predicted octanol–water partition coefficient (Wildman–Crippen LogP) is 8.94. The quantitative estimate of drug-likeness (QED) is 0.287. The number of amidine groups is 1. The van der Waals surface area contributed by atoms with Gasteiger partial charge in [0.1, 0.15) is 5.84 Å². The van der Waals surface area contributed by atoms with Gasteiger partial charge in [-0.25, -0.2) is 0 Å². The van der Waals surface area contributed by atoms with E-state index < -0.39 is 11.7 Å². The Morgan fingerprint density at radius 1 is 0.946 bits per heavy atom. The van der Waals surface area contributed by atoms with Crippen molar-refractivity contribution in [2.24, 2.45) is 10.7 Å². The van der Waals surface area contributed by atoms with Crippen LogP contribution in [0.3, 0.4) is 0 Å². The van der Waals surface area contributed by atoms with Gasteiger partial charge in [0.05, 0.1) is 12.1 Å². The summed E-state index contributed by atoms with van der Waals surface area (Å²) >= 11 is 0. The maximum atomic E-state index is 13.5. The normalized spacial score (nSPS) is 16.8. The Kier molecular flexibility index (Phi) is 12.5. The summed E-state index contributed by atoms with van der Waals surface area (Å²) in [4.78, 5) is 4.62. The summed E-state index contributed by atoms with van der Waals surface area (Å²) in [5.41, 5.74) is 10.1. The van der Waals surface area contributed by atoms with E-state index in [-0.39, 0.29) is 12.1 Å². The standard InChI is InChI=1S/C26H30F3N3.C5H12/c1-18-11-7-9-13-21(18)19(2)32-25(22-14-5-3-4-6-16-24(22)30)31-17-20-12-8-10-15-23(20)26(27,28)29;1-3-5-4-2/h7-13,15H,2-6,14,16-17,30H2,1H3,(H,31,32);3-5H2,1-2H3/b24-22-;. The molecule has 6 heteroatoms. The van der Waals surface area contributed by atoms with Crippen molar-refractivity contribution in [1.29, 1.82) is 0 Å².